The molecule has 4 rings (SSSR count). The topological polar surface area (TPSA) is 71.4 Å². The Morgan fingerprint density at radius 3 is 2.96 bits per heavy atom. The number of benzene rings is 2. The maximum atomic E-state index is 6.47. The van der Waals surface area contributed by atoms with Gasteiger partial charge >= 0.3 is 0 Å². The van der Waals surface area contributed by atoms with Crippen LogP contribution in [0.2, 0.25) is 5.02 Å². The summed E-state index contributed by atoms with van der Waals surface area (Å²) in [6.45, 7) is 2.13. The van der Waals surface area contributed by atoms with Crippen LogP contribution in [-0.2, 0) is 13.5 Å². The van der Waals surface area contributed by atoms with Gasteiger partial charge in [0.25, 0.3) is 0 Å². The van der Waals surface area contributed by atoms with Crippen LogP contribution in [0, 0.1) is 0 Å². The Morgan fingerprint density at radius 2 is 2.12 bits per heavy atom. The summed E-state index contributed by atoms with van der Waals surface area (Å²) in [5.41, 5.74) is 3.91. The summed E-state index contributed by atoms with van der Waals surface area (Å²) in [5, 5.41) is 16.2. The van der Waals surface area contributed by atoms with Gasteiger partial charge in [-0.05, 0) is 30.2 Å². The second-order valence-electron chi connectivity index (χ2n) is 5.82. The molecular formula is C18H17ClN6. The summed E-state index contributed by atoms with van der Waals surface area (Å²) >= 11 is 6.47. The van der Waals surface area contributed by atoms with Gasteiger partial charge in [0, 0.05) is 18.0 Å². The normalized spacial score (nSPS) is 11.2. The predicted molar refractivity (Wildman–Crippen MR) is 100 cm³/mol. The molecule has 25 heavy (non-hydrogen) atoms. The molecule has 4 aromatic rings. The van der Waals surface area contributed by atoms with Crippen molar-refractivity contribution >= 4 is 34.1 Å². The van der Waals surface area contributed by atoms with Crippen molar-refractivity contribution in [2.75, 3.05) is 5.32 Å². The highest BCUT2D eigenvalue weighted by Gasteiger charge is 2.13. The van der Waals surface area contributed by atoms with Crippen molar-refractivity contribution in [2.24, 2.45) is 7.05 Å². The lowest BCUT2D eigenvalue weighted by Gasteiger charge is -2.07. The first-order chi connectivity index (χ1) is 12.2. The molecule has 0 unspecified atom stereocenters. The number of halogens is 1. The van der Waals surface area contributed by atoms with E-state index < -0.39 is 0 Å². The quantitative estimate of drug-likeness (QED) is 0.574. The highest BCUT2D eigenvalue weighted by Crippen LogP contribution is 2.32. The highest BCUT2D eigenvalue weighted by atomic mass is 35.5. The first-order valence-electron chi connectivity index (χ1n) is 8.04. The van der Waals surface area contributed by atoms with Gasteiger partial charge in [0.2, 0.25) is 5.95 Å². The number of nitrogens with one attached hydrogen (secondary N) is 2. The highest BCUT2D eigenvalue weighted by molar-refractivity contribution is 6.38. The lowest BCUT2D eigenvalue weighted by molar-refractivity contribution is 0.778. The number of aryl methyl sites for hydroxylation is 2. The maximum Gasteiger partial charge on any atom is 0.225 e. The number of aromatic amines is 1. The molecule has 0 aliphatic rings. The van der Waals surface area contributed by atoms with Gasteiger partial charge in [-0.1, -0.05) is 36.7 Å². The molecule has 2 aromatic carbocycles. The molecule has 0 saturated heterocycles. The second kappa shape index (κ2) is 6.22. The fourth-order valence-corrected chi connectivity index (χ4v) is 3.01. The van der Waals surface area contributed by atoms with E-state index in [9.17, 15) is 0 Å². The molecule has 0 aliphatic carbocycles. The molecule has 7 heteroatoms. The summed E-state index contributed by atoms with van der Waals surface area (Å²) < 4.78 is 1.71. The maximum absolute atomic E-state index is 6.47. The molecule has 6 nitrogen and oxygen atoms in total. The van der Waals surface area contributed by atoms with Crippen molar-refractivity contribution in [1.29, 1.82) is 0 Å². The molecule has 0 radical (unpaired) electrons. The Labute approximate surface area is 149 Å². The van der Waals surface area contributed by atoms with Crippen LogP contribution in [0.25, 0.3) is 22.3 Å². The van der Waals surface area contributed by atoms with Gasteiger partial charge in [-0.3, -0.25) is 5.10 Å². The van der Waals surface area contributed by atoms with Gasteiger partial charge in [0.1, 0.15) is 0 Å². The summed E-state index contributed by atoms with van der Waals surface area (Å²) in [6, 6.07) is 12.1. The van der Waals surface area contributed by atoms with Crippen LogP contribution >= 0.6 is 11.6 Å². The fourth-order valence-electron chi connectivity index (χ4n) is 2.75. The molecule has 2 N–H and O–H groups in total. The molecule has 0 saturated carbocycles. The van der Waals surface area contributed by atoms with Crippen LogP contribution in [0.3, 0.4) is 0 Å². The van der Waals surface area contributed by atoms with E-state index >= 15 is 0 Å². The first-order valence-corrected chi connectivity index (χ1v) is 8.42. The van der Waals surface area contributed by atoms with Gasteiger partial charge in [-0.15, -0.1) is 5.10 Å². The number of nitrogens with zero attached hydrogens (tertiary/aromatic N) is 4. The number of hydrogen-bond acceptors (Lipinski definition) is 4. The largest absolute Gasteiger partial charge is 0.323 e. The number of rotatable bonds is 4. The summed E-state index contributed by atoms with van der Waals surface area (Å²) in [5.74, 6) is 1.31. The molecule has 0 aliphatic heterocycles. The zero-order chi connectivity index (χ0) is 17.4. The Balaban J connectivity index is 1.69. The Morgan fingerprint density at radius 1 is 1.24 bits per heavy atom. The van der Waals surface area contributed by atoms with Gasteiger partial charge < -0.3 is 5.32 Å². The molecule has 0 atom stereocenters. The van der Waals surface area contributed by atoms with Crippen LogP contribution in [0.15, 0.2) is 42.6 Å². The number of H-pyrrole nitrogens is 1. The lowest BCUT2D eigenvalue weighted by Crippen LogP contribution is -2.00. The van der Waals surface area contributed by atoms with Crippen molar-refractivity contribution < 1.29 is 0 Å². The van der Waals surface area contributed by atoms with E-state index in [1.165, 1.54) is 5.56 Å². The van der Waals surface area contributed by atoms with E-state index in [1.807, 2.05) is 31.3 Å². The number of fused-ring (bicyclic) bond motifs is 1. The van der Waals surface area contributed by atoms with E-state index in [-0.39, 0.29) is 0 Å². The molecule has 2 aromatic heterocycles. The van der Waals surface area contributed by atoms with Crippen LogP contribution < -0.4 is 5.32 Å². The first kappa shape index (κ1) is 15.7. The second-order valence-corrected chi connectivity index (χ2v) is 6.20. The van der Waals surface area contributed by atoms with Crippen molar-refractivity contribution in [2.45, 2.75) is 13.3 Å². The van der Waals surface area contributed by atoms with Crippen molar-refractivity contribution in [3.8, 4) is 11.4 Å². The lowest BCUT2D eigenvalue weighted by atomic mass is 10.1. The fraction of sp³-hybridized carbons (Fsp3) is 0.167. The molecular weight excluding hydrogens is 336 g/mol. The monoisotopic (exact) mass is 352 g/mol. The van der Waals surface area contributed by atoms with E-state index in [0.717, 1.165) is 28.6 Å². The molecule has 0 spiro atoms. The van der Waals surface area contributed by atoms with Gasteiger partial charge in [0.05, 0.1) is 22.4 Å². The third-order valence-corrected chi connectivity index (χ3v) is 4.57. The van der Waals surface area contributed by atoms with Gasteiger partial charge in [-0.25, -0.2) is 4.68 Å². The van der Waals surface area contributed by atoms with E-state index in [2.05, 4.69) is 44.7 Å². The SMILES string of the molecule is CCc1cccc(-c2nc(Nc3ccc4[nH]ncc4c3Cl)n(C)n2)c1. The third kappa shape index (κ3) is 2.85. The molecule has 2 heterocycles. The molecule has 0 fully saturated rings. The average molecular weight is 353 g/mol. The minimum Gasteiger partial charge on any atom is -0.323 e. The van der Waals surface area contributed by atoms with Crippen molar-refractivity contribution in [3.63, 3.8) is 0 Å². The van der Waals surface area contributed by atoms with E-state index in [0.29, 0.717) is 16.8 Å². The third-order valence-electron chi connectivity index (χ3n) is 4.16. The molecule has 0 amide bonds. The van der Waals surface area contributed by atoms with E-state index in [1.54, 1.807) is 10.9 Å². The van der Waals surface area contributed by atoms with Crippen molar-refractivity contribution in [1.82, 2.24) is 25.0 Å². The van der Waals surface area contributed by atoms with Crippen molar-refractivity contribution in [3.05, 3.63) is 53.2 Å². The summed E-state index contributed by atoms with van der Waals surface area (Å²) in [6.07, 6.45) is 2.69. The zero-order valence-electron chi connectivity index (χ0n) is 13.9. The van der Waals surface area contributed by atoms with E-state index in [4.69, 9.17) is 11.6 Å². The van der Waals surface area contributed by atoms with Crippen LogP contribution in [-0.4, -0.2) is 25.0 Å². The Bertz CT molecular complexity index is 1050. The number of anilines is 2. The Kier molecular flexibility index (Phi) is 3.89. The predicted octanol–water partition coefficient (Wildman–Crippen LogP) is 4.32. The molecule has 126 valence electrons. The van der Waals surface area contributed by atoms with Crippen LogP contribution in [0.4, 0.5) is 11.6 Å². The van der Waals surface area contributed by atoms with Crippen LogP contribution in [0.1, 0.15) is 12.5 Å². The van der Waals surface area contributed by atoms with Gasteiger partial charge in [-0.2, -0.15) is 10.1 Å². The Hall–Kier alpha value is -2.86. The van der Waals surface area contributed by atoms with Gasteiger partial charge in [0.15, 0.2) is 5.82 Å². The number of aromatic nitrogens is 5. The minimum atomic E-state index is 0.601. The summed E-state index contributed by atoms with van der Waals surface area (Å²) in [7, 11) is 1.85. The minimum absolute atomic E-state index is 0.601. The molecule has 0 bridgehead atoms. The average Bonchev–Trinajstić information content (AvgIpc) is 3.25. The smallest absolute Gasteiger partial charge is 0.225 e. The van der Waals surface area contributed by atoms with Crippen LogP contribution in [0.5, 0.6) is 0 Å². The summed E-state index contributed by atoms with van der Waals surface area (Å²) in [4.78, 5) is 4.62. The standard InChI is InChI=1S/C18H17ClN6/c1-3-11-5-4-6-12(9-11)17-22-18(25(2)24-17)21-15-8-7-14-13(16(15)19)10-20-23-14/h4-10H,3H2,1-2H3,(H,20,23)(H,21,22,24). The number of hydrogen-bond donors (Lipinski definition) is 2. The zero-order valence-corrected chi connectivity index (χ0v) is 14.7.